The van der Waals surface area contributed by atoms with Crippen molar-refractivity contribution in [1.82, 2.24) is 0 Å². The zero-order chi connectivity index (χ0) is 23.0. The summed E-state index contributed by atoms with van der Waals surface area (Å²) in [5.74, 6) is -0.266. The van der Waals surface area contributed by atoms with Gasteiger partial charge in [-0.25, -0.2) is 8.42 Å². The van der Waals surface area contributed by atoms with E-state index < -0.39 is 10.0 Å². The van der Waals surface area contributed by atoms with Crippen molar-refractivity contribution in [2.24, 2.45) is 0 Å². The second kappa shape index (κ2) is 8.60. The van der Waals surface area contributed by atoms with E-state index in [4.69, 9.17) is 11.6 Å². The molecule has 0 unspecified atom stereocenters. The Labute approximate surface area is 194 Å². The van der Waals surface area contributed by atoms with Gasteiger partial charge in [-0.15, -0.1) is 0 Å². The minimum Gasteiger partial charge on any atom is -0.307 e. The molecule has 0 aromatic heterocycles. The van der Waals surface area contributed by atoms with Crippen LogP contribution in [0.2, 0.25) is 5.02 Å². The topological polar surface area (TPSA) is 57.7 Å². The number of benzene rings is 3. The maximum Gasteiger partial charge on any atom is 0.264 e. The van der Waals surface area contributed by atoms with Crippen LogP contribution in [-0.2, 0) is 21.2 Å². The van der Waals surface area contributed by atoms with Crippen LogP contribution in [0.25, 0.3) is 0 Å². The smallest absolute Gasteiger partial charge is 0.264 e. The number of fused-ring (bicyclic) bond motifs is 1. The van der Waals surface area contributed by atoms with E-state index in [-0.39, 0.29) is 23.4 Å². The summed E-state index contributed by atoms with van der Waals surface area (Å²) in [6, 6.07) is 19.1. The standard InChI is InChI=1S/C25H25ClN2O3S/c1-17-8-11-22(14-18(17)2)27(32(30,31)23-12-9-21(26)10-13-23)16-25(29)28-19(3)15-20-6-4-5-7-24(20)28/h4-14,19H,15-16H2,1-3H3/t19-/m0/s1. The number of nitrogens with zero attached hydrogens (tertiary/aromatic N) is 2. The highest BCUT2D eigenvalue weighted by Crippen LogP contribution is 2.33. The molecule has 5 nitrogen and oxygen atoms in total. The van der Waals surface area contributed by atoms with E-state index in [0.29, 0.717) is 10.7 Å². The lowest BCUT2D eigenvalue weighted by Gasteiger charge is -2.29. The Morgan fingerprint density at radius 2 is 1.72 bits per heavy atom. The molecule has 1 atom stereocenters. The Bertz CT molecular complexity index is 1270. The maximum absolute atomic E-state index is 13.6. The predicted octanol–water partition coefficient (Wildman–Crippen LogP) is 5.13. The number of carbonyl (C=O) groups is 1. The molecule has 0 saturated heterocycles. The third kappa shape index (κ3) is 4.12. The van der Waals surface area contributed by atoms with Gasteiger partial charge in [0.15, 0.2) is 0 Å². The number of halogens is 1. The highest BCUT2D eigenvalue weighted by atomic mass is 35.5. The van der Waals surface area contributed by atoms with E-state index in [9.17, 15) is 13.2 Å². The van der Waals surface area contributed by atoms with Gasteiger partial charge in [-0.1, -0.05) is 35.9 Å². The van der Waals surface area contributed by atoms with Crippen molar-refractivity contribution in [1.29, 1.82) is 0 Å². The highest BCUT2D eigenvalue weighted by molar-refractivity contribution is 7.92. The summed E-state index contributed by atoms with van der Waals surface area (Å²) in [5, 5.41) is 0.445. The Morgan fingerprint density at radius 1 is 1.03 bits per heavy atom. The minimum absolute atomic E-state index is 0.0419. The molecule has 0 radical (unpaired) electrons. The molecule has 0 spiro atoms. The van der Waals surface area contributed by atoms with E-state index >= 15 is 0 Å². The number of hydrogen-bond donors (Lipinski definition) is 0. The molecule has 0 saturated carbocycles. The van der Waals surface area contributed by atoms with Gasteiger partial charge < -0.3 is 4.90 Å². The van der Waals surface area contributed by atoms with Gasteiger partial charge in [0.05, 0.1) is 10.6 Å². The fraction of sp³-hybridized carbons (Fsp3) is 0.240. The number of aryl methyl sites for hydroxylation is 2. The summed E-state index contributed by atoms with van der Waals surface area (Å²) >= 11 is 5.96. The molecule has 0 aliphatic carbocycles. The molecule has 0 bridgehead atoms. The van der Waals surface area contributed by atoms with Crippen molar-refractivity contribution < 1.29 is 13.2 Å². The summed E-state index contributed by atoms with van der Waals surface area (Å²) in [4.78, 5) is 15.3. The van der Waals surface area contributed by atoms with Crippen molar-refractivity contribution in [2.75, 3.05) is 15.7 Å². The number of sulfonamides is 1. The second-order valence-corrected chi connectivity index (χ2v) is 10.5. The zero-order valence-corrected chi connectivity index (χ0v) is 19.8. The molecular formula is C25H25ClN2O3S. The molecule has 32 heavy (non-hydrogen) atoms. The summed E-state index contributed by atoms with van der Waals surface area (Å²) in [6.07, 6.45) is 0.746. The summed E-state index contributed by atoms with van der Waals surface area (Å²) in [5.41, 5.74) is 4.38. The van der Waals surface area contributed by atoms with Gasteiger partial charge in [-0.05, 0) is 86.3 Å². The fourth-order valence-electron chi connectivity index (χ4n) is 4.07. The SMILES string of the molecule is Cc1ccc(N(CC(=O)N2c3ccccc3C[C@@H]2C)S(=O)(=O)c2ccc(Cl)cc2)cc1C. The van der Waals surface area contributed by atoms with Gasteiger partial charge in [0.25, 0.3) is 10.0 Å². The van der Waals surface area contributed by atoms with E-state index in [1.54, 1.807) is 17.0 Å². The largest absolute Gasteiger partial charge is 0.307 e. The number of hydrogen-bond acceptors (Lipinski definition) is 3. The average Bonchev–Trinajstić information content (AvgIpc) is 3.10. The van der Waals surface area contributed by atoms with Gasteiger partial charge in [0, 0.05) is 16.8 Å². The molecule has 1 aliphatic heterocycles. The summed E-state index contributed by atoms with van der Waals surface area (Å²) in [6.45, 7) is 5.57. The molecule has 1 heterocycles. The van der Waals surface area contributed by atoms with Gasteiger partial charge in [0.2, 0.25) is 5.91 Å². The Hall–Kier alpha value is -2.83. The number of anilines is 2. The van der Waals surface area contributed by atoms with Crippen LogP contribution in [0.1, 0.15) is 23.6 Å². The number of amides is 1. The lowest BCUT2D eigenvalue weighted by atomic mass is 10.1. The normalized spacial score (nSPS) is 15.5. The van der Waals surface area contributed by atoms with E-state index in [1.807, 2.05) is 51.1 Å². The number of rotatable bonds is 5. The van der Waals surface area contributed by atoms with Gasteiger partial charge in [-0.3, -0.25) is 9.10 Å². The van der Waals surface area contributed by atoms with Crippen LogP contribution < -0.4 is 9.21 Å². The molecule has 4 rings (SSSR count). The highest BCUT2D eigenvalue weighted by Gasteiger charge is 2.34. The molecule has 0 fully saturated rings. The third-order valence-electron chi connectivity index (χ3n) is 5.93. The summed E-state index contributed by atoms with van der Waals surface area (Å²) < 4.78 is 28.5. The van der Waals surface area contributed by atoms with Crippen molar-refractivity contribution >= 4 is 38.9 Å². The molecule has 166 valence electrons. The first-order valence-corrected chi connectivity index (χ1v) is 12.3. The van der Waals surface area contributed by atoms with Crippen LogP contribution in [0.5, 0.6) is 0 Å². The molecule has 3 aromatic rings. The van der Waals surface area contributed by atoms with Crippen LogP contribution in [-0.4, -0.2) is 26.9 Å². The monoisotopic (exact) mass is 468 g/mol. The van der Waals surface area contributed by atoms with Crippen LogP contribution >= 0.6 is 11.6 Å². The first kappa shape index (κ1) is 22.4. The minimum atomic E-state index is -3.99. The molecule has 7 heteroatoms. The van der Waals surface area contributed by atoms with Crippen molar-refractivity contribution in [2.45, 2.75) is 38.1 Å². The van der Waals surface area contributed by atoms with Crippen molar-refractivity contribution in [3.63, 3.8) is 0 Å². The molecule has 0 N–H and O–H groups in total. The first-order chi connectivity index (χ1) is 15.2. The molecule has 1 amide bonds. The lowest BCUT2D eigenvalue weighted by molar-refractivity contribution is -0.117. The fourth-order valence-corrected chi connectivity index (χ4v) is 5.61. The quantitative estimate of drug-likeness (QED) is 0.521. The average molecular weight is 469 g/mol. The van der Waals surface area contributed by atoms with E-state index in [0.717, 1.165) is 28.8 Å². The van der Waals surface area contributed by atoms with E-state index in [2.05, 4.69) is 0 Å². The predicted molar refractivity (Wildman–Crippen MR) is 129 cm³/mol. The van der Waals surface area contributed by atoms with Crippen LogP contribution in [0.3, 0.4) is 0 Å². The Kier molecular flexibility index (Phi) is 6.01. The van der Waals surface area contributed by atoms with Gasteiger partial charge in [0.1, 0.15) is 6.54 Å². The summed E-state index contributed by atoms with van der Waals surface area (Å²) in [7, 11) is -3.99. The number of carbonyl (C=O) groups excluding carboxylic acids is 1. The van der Waals surface area contributed by atoms with Gasteiger partial charge in [-0.2, -0.15) is 0 Å². The van der Waals surface area contributed by atoms with Crippen molar-refractivity contribution in [3.8, 4) is 0 Å². The van der Waals surface area contributed by atoms with Crippen LogP contribution in [0.15, 0.2) is 71.6 Å². The molecule has 1 aliphatic rings. The third-order valence-corrected chi connectivity index (χ3v) is 7.97. The first-order valence-electron chi connectivity index (χ1n) is 10.4. The Morgan fingerprint density at radius 3 is 2.41 bits per heavy atom. The zero-order valence-electron chi connectivity index (χ0n) is 18.2. The lowest BCUT2D eigenvalue weighted by Crippen LogP contribution is -2.45. The van der Waals surface area contributed by atoms with Crippen LogP contribution in [0.4, 0.5) is 11.4 Å². The van der Waals surface area contributed by atoms with Crippen molar-refractivity contribution in [3.05, 3.63) is 88.4 Å². The molecule has 3 aromatic carbocycles. The number of para-hydroxylation sites is 1. The molecular weight excluding hydrogens is 444 g/mol. The van der Waals surface area contributed by atoms with Gasteiger partial charge >= 0.3 is 0 Å². The maximum atomic E-state index is 13.6. The second-order valence-electron chi connectivity index (χ2n) is 8.18. The Balaban J connectivity index is 1.75. The van der Waals surface area contributed by atoms with Crippen LogP contribution in [0, 0.1) is 13.8 Å². The van der Waals surface area contributed by atoms with E-state index in [1.165, 1.54) is 28.6 Å².